The summed E-state index contributed by atoms with van der Waals surface area (Å²) in [5, 5.41) is 3.70. The number of hydrogen-bond donors (Lipinski definition) is 2. The predicted octanol–water partition coefficient (Wildman–Crippen LogP) is 3.57. The zero-order chi connectivity index (χ0) is 20.2. The fourth-order valence-electron chi connectivity index (χ4n) is 4.94. The lowest BCUT2D eigenvalue weighted by Crippen LogP contribution is -2.48. The van der Waals surface area contributed by atoms with Gasteiger partial charge in [-0.3, -0.25) is 0 Å². The van der Waals surface area contributed by atoms with Gasteiger partial charge in [0, 0.05) is 17.6 Å². The molecule has 0 radical (unpaired) electrons. The molecule has 2 N–H and O–H groups in total. The summed E-state index contributed by atoms with van der Waals surface area (Å²) in [6, 6.07) is 10.7. The predicted molar refractivity (Wildman–Crippen MR) is 114 cm³/mol. The third-order valence-corrected chi connectivity index (χ3v) is 7.49. The topological polar surface area (TPSA) is 67.4 Å². The van der Waals surface area contributed by atoms with Gasteiger partial charge in [-0.05, 0) is 56.4 Å². The Morgan fingerprint density at radius 2 is 1.75 bits per heavy atom. The van der Waals surface area contributed by atoms with E-state index in [0.717, 1.165) is 44.9 Å². The van der Waals surface area contributed by atoms with Crippen LogP contribution < -0.4 is 10.0 Å². The molecule has 0 aromatic heterocycles. The smallest absolute Gasteiger partial charge is 0.209 e. The molecule has 0 unspecified atom stereocenters. The number of ether oxygens (including phenoxy) is 1. The van der Waals surface area contributed by atoms with Crippen molar-refractivity contribution in [3.63, 3.8) is 0 Å². The van der Waals surface area contributed by atoms with Gasteiger partial charge in [0.2, 0.25) is 10.0 Å². The summed E-state index contributed by atoms with van der Waals surface area (Å²) < 4.78 is 32.8. The minimum absolute atomic E-state index is 0.00134. The van der Waals surface area contributed by atoms with Crippen LogP contribution in [0.3, 0.4) is 0 Å². The van der Waals surface area contributed by atoms with Gasteiger partial charge in [0.15, 0.2) is 0 Å². The summed E-state index contributed by atoms with van der Waals surface area (Å²) in [7, 11) is -3.23. The van der Waals surface area contributed by atoms with Crippen LogP contribution in [0, 0.1) is 0 Å². The number of hydrogen-bond acceptors (Lipinski definition) is 4. The number of benzene rings is 1. The van der Waals surface area contributed by atoms with Gasteiger partial charge in [0.1, 0.15) is 0 Å². The van der Waals surface area contributed by atoms with Gasteiger partial charge in [0.05, 0.1) is 19.0 Å². The second-order valence-corrected chi connectivity index (χ2v) is 10.4. The van der Waals surface area contributed by atoms with E-state index in [-0.39, 0.29) is 23.7 Å². The van der Waals surface area contributed by atoms with E-state index in [1.165, 1.54) is 11.8 Å². The molecule has 158 valence electrons. The Balaban J connectivity index is 1.54. The van der Waals surface area contributed by atoms with E-state index in [1.54, 1.807) is 0 Å². The van der Waals surface area contributed by atoms with E-state index in [2.05, 4.69) is 54.2 Å². The maximum atomic E-state index is 11.8. The summed E-state index contributed by atoms with van der Waals surface area (Å²) in [6.45, 7) is 4.90. The van der Waals surface area contributed by atoms with Crippen molar-refractivity contribution < 1.29 is 13.2 Å². The molecule has 6 heteroatoms. The van der Waals surface area contributed by atoms with E-state index >= 15 is 0 Å². The molecule has 2 aliphatic rings. The molecule has 0 bridgehead atoms. The first-order valence-corrected chi connectivity index (χ1v) is 12.6. The van der Waals surface area contributed by atoms with E-state index in [9.17, 15) is 8.42 Å². The van der Waals surface area contributed by atoms with Gasteiger partial charge < -0.3 is 10.1 Å². The van der Waals surface area contributed by atoms with Crippen LogP contribution in [-0.4, -0.2) is 45.0 Å². The Morgan fingerprint density at radius 1 is 1.11 bits per heavy atom. The fraction of sp³-hybridized carbons (Fsp3) is 0.727. The molecule has 0 amide bonds. The van der Waals surface area contributed by atoms with Crippen LogP contribution in [0.5, 0.6) is 0 Å². The second kappa shape index (κ2) is 9.24. The molecule has 1 heterocycles. The Morgan fingerprint density at radius 3 is 2.32 bits per heavy atom. The van der Waals surface area contributed by atoms with Crippen LogP contribution in [0.4, 0.5) is 0 Å². The Kier molecular flexibility index (Phi) is 7.18. The number of rotatable bonds is 8. The highest BCUT2D eigenvalue weighted by molar-refractivity contribution is 7.88. The van der Waals surface area contributed by atoms with Gasteiger partial charge in [-0.1, -0.05) is 44.2 Å². The van der Waals surface area contributed by atoms with E-state index < -0.39 is 10.0 Å². The Bertz CT molecular complexity index is 711. The highest BCUT2D eigenvalue weighted by Gasteiger charge is 2.43. The van der Waals surface area contributed by atoms with Crippen LogP contribution in [-0.2, 0) is 14.8 Å². The zero-order valence-electron chi connectivity index (χ0n) is 17.5. The molecule has 5 nitrogen and oxygen atoms in total. The molecular weight excluding hydrogens is 372 g/mol. The molecule has 1 aliphatic carbocycles. The Hall–Kier alpha value is -0.950. The van der Waals surface area contributed by atoms with E-state index in [0.29, 0.717) is 12.5 Å². The van der Waals surface area contributed by atoms with Crippen molar-refractivity contribution in [1.29, 1.82) is 0 Å². The molecule has 3 rings (SSSR count). The average molecular weight is 409 g/mol. The van der Waals surface area contributed by atoms with Crippen molar-refractivity contribution in [1.82, 2.24) is 10.0 Å². The van der Waals surface area contributed by atoms with E-state index in [1.807, 2.05) is 0 Å². The van der Waals surface area contributed by atoms with Crippen LogP contribution in [0.1, 0.15) is 70.3 Å². The average Bonchev–Trinajstić information content (AvgIpc) is 3.04. The minimum atomic E-state index is -3.23. The molecule has 28 heavy (non-hydrogen) atoms. The monoisotopic (exact) mass is 408 g/mol. The highest BCUT2D eigenvalue weighted by Crippen LogP contribution is 2.35. The van der Waals surface area contributed by atoms with Crippen LogP contribution in [0.25, 0.3) is 0 Å². The standard InChI is InChI=1S/C22H36N2O3S/c1-4-22(5-2)15-20(24-28(3,25)26)21(23-22)16-27-19-13-11-18(12-14-19)17-9-7-6-8-10-17/h6-10,18-21,23-24H,4-5,11-16H2,1-3H3/t18-,19+,20-,21-/m0/s1. The number of nitrogens with one attached hydrogen (secondary N) is 2. The maximum absolute atomic E-state index is 11.8. The molecular formula is C22H36N2O3S. The van der Waals surface area contributed by atoms with Gasteiger partial charge in [-0.25, -0.2) is 13.1 Å². The van der Waals surface area contributed by atoms with Crippen molar-refractivity contribution >= 4 is 10.0 Å². The summed E-state index contributed by atoms with van der Waals surface area (Å²) in [6.07, 6.45) is 8.78. The van der Waals surface area contributed by atoms with Crippen molar-refractivity contribution in [2.75, 3.05) is 12.9 Å². The summed E-state index contributed by atoms with van der Waals surface area (Å²) in [5.41, 5.74) is 1.44. The van der Waals surface area contributed by atoms with Gasteiger partial charge in [0.25, 0.3) is 0 Å². The first-order chi connectivity index (χ1) is 13.3. The van der Waals surface area contributed by atoms with Crippen LogP contribution in [0.15, 0.2) is 30.3 Å². The van der Waals surface area contributed by atoms with Gasteiger partial charge in [-0.2, -0.15) is 0 Å². The third-order valence-electron chi connectivity index (χ3n) is 6.76. The highest BCUT2D eigenvalue weighted by atomic mass is 32.2. The van der Waals surface area contributed by atoms with Gasteiger partial charge >= 0.3 is 0 Å². The van der Waals surface area contributed by atoms with E-state index in [4.69, 9.17) is 4.74 Å². The van der Waals surface area contributed by atoms with Crippen molar-refractivity contribution in [2.24, 2.45) is 0 Å². The SMILES string of the molecule is CCC1(CC)C[C@H](NS(C)(=O)=O)[C@H](CO[C@H]2CC[C@@H](c3ccccc3)CC2)N1. The number of sulfonamides is 1. The lowest BCUT2D eigenvalue weighted by Gasteiger charge is -2.31. The van der Waals surface area contributed by atoms with Crippen LogP contribution >= 0.6 is 0 Å². The molecule has 1 aliphatic heterocycles. The van der Waals surface area contributed by atoms with Crippen molar-refractivity contribution in [3.05, 3.63) is 35.9 Å². The molecule has 2 atom stereocenters. The third kappa shape index (κ3) is 5.56. The first-order valence-electron chi connectivity index (χ1n) is 10.8. The Labute approximate surface area is 170 Å². The summed E-state index contributed by atoms with van der Waals surface area (Å²) in [5.74, 6) is 0.637. The quantitative estimate of drug-likeness (QED) is 0.690. The summed E-state index contributed by atoms with van der Waals surface area (Å²) in [4.78, 5) is 0. The zero-order valence-corrected chi connectivity index (χ0v) is 18.3. The lowest BCUT2D eigenvalue weighted by atomic mass is 9.83. The molecule has 1 saturated heterocycles. The normalized spacial score (nSPS) is 30.4. The molecule has 2 fully saturated rings. The van der Waals surface area contributed by atoms with Crippen molar-refractivity contribution in [3.8, 4) is 0 Å². The van der Waals surface area contributed by atoms with Crippen LogP contribution in [0.2, 0.25) is 0 Å². The lowest BCUT2D eigenvalue weighted by molar-refractivity contribution is 0.0111. The first kappa shape index (κ1) is 21.8. The molecule has 1 saturated carbocycles. The van der Waals surface area contributed by atoms with Gasteiger partial charge in [-0.15, -0.1) is 0 Å². The minimum Gasteiger partial charge on any atom is -0.377 e. The fourth-order valence-corrected chi connectivity index (χ4v) is 5.74. The second-order valence-electron chi connectivity index (χ2n) is 8.66. The molecule has 0 spiro atoms. The maximum Gasteiger partial charge on any atom is 0.209 e. The summed E-state index contributed by atoms with van der Waals surface area (Å²) >= 11 is 0. The molecule has 1 aromatic rings. The van der Waals surface area contributed by atoms with Crippen molar-refractivity contribution in [2.45, 2.75) is 88.4 Å². The largest absolute Gasteiger partial charge is 0.377 e. The molecule has 1 aromatic carbocycles.